The Bertz CT molecular complexity index is 491. The third-order valence-corrected chi connectivity index (χ3v) is 2.65. The normalized spacial score (nSPS) is 10.0. The molecule has 0 aromatic heterocycles. The lowest BCUT2D eigenvalue weighted by Crippen LogP contribution is -2.32. The average molecular weight is 295 g/mol. The fraction of sp³-hybridized carbons (Fsp3) is 0.429. The Hall–Kier alpha value is -2.28. The third kappa shape index (κ3) is 5.31. The van der Waals surface area contributed by atoms with E-state index in [0.29, 0.717) is 30.1 Å². The maximum atomic E-state index is 11.8. The largest absolute Gasteiger partial charge is 0.462 e. The number of carbonyl (C=O) groups is 2. The number of rotatable bonds is 8. The third-order valence-electron chi connectivity index (χ3n) is 2.65. The van der Waals surface area contributed by atoms with Crippen molar-refractivity contribution >= 4 is 23.3 Å². The van der Waals surface area contributed by atoms with Crippen LogP contribution in [0.3, 0.4) is 0 Å². The molecule has 1 aromatic carbocycles. The molecule has 0 saturated carbocycles. The molecule has 0 fully saturated rings. The first-order valence-corrected chi connectivity index (χ1v) is 6.65. The van der Waals surface area contributed by atoms with E-state index in [2.05, 4.69) is 10.6 Å². The lowest BCUT2D eigenvalue weighted by atomic mass is 10.1. The molecule has 0 saturated heterocycles. The maximum Gasteiger partial charge on any atom is 0.340 e. The van der Waals surface area contributed by atoms with E-state index in [1.165, 1.54) is 0 Å². The van der Waals surface area contributed by atoms with Crippen LogP contribution < -0.4 is 16.4 Å². The highest BCUT2D eigenvalue weighted by Crippen LogP contribution is 2.24. The zero-order chi connectivity index (χ0) is 15.7. The minimum absolute atomic E-state index is 0.00430. The van der Waals surface area contributed by atoms with Crippen LogP contribution in [0.2, 0.25) is 0 Å². The first-order chi connectivity index (χ1) is 10.1. The summed E-state index contributed by atoms with van der Waals surface area (Å²) >= 11 is 0. The Balaban J connectivity index is 2.69. The van der Waals surface area contributed by atoms with Gasteiger partial charge in [0.05, 0.1) is 36.7 Å². The molecule has 0 bridgehead atoms. The van der Waals surface area contributed by atoms with Gasteiger partial charge in [-0.3, -0.25) is 4.79 Å². The van der Waals surface area contributed by atoms with Crippen molar-refractivity contribution < 1.29 is 19.1 Å². The molecule has 0 aliphatic heterocycles. The van der Waals surface area contributed by atoms with Crippen LogP contribution in [0, 0.1) is 0 Å². The average Bonchev–Trinajstić information content (AvgIpc) is 2.46. The number of methoxy groups -OCH3 is 1. The Labute approximate surface area is 123 Å². The second kappa shape index (κ2) is 8.80. The molecule has 0 aliphatic rings. The Morgan fingerprint density at radius 3 is 2.76 bits per heavy atom. The van der Waals surface area contributed by atoms with Gasteiger partial charge in [0.15, 0.2) is 0 Å². The second-order valence-electron chi connectivity index (χ2n) is 4.19. The van der Waals surface area contributed by atoms with Gasteiger partial charge in [0, 0.05) is 13.7 Å². The number of esters is 1. The predicted molar refractivity (Wildman–Crippen MR) is 80.2 cm³/mol. The SMILES string of the molecule is CCOC(=O)c1cccc(N)c1NCC(=O)NCCOC. The molecule has 0 heterocycles. The molecule has 1 rings (SSSR count). The summed E-state index contributed by atoms with van der Waals surface area (Å²) in [6.07, 6.45) is 0. The minimum atomic E-state index is -0.480. The zero-order valence-corrected chi connectivity index (χ0v) is 12.3. The Kier molecular flexibility index (Phi) is 7.03. The molecule has 116 valence electrons. The minimum Gasteiger partial charge on any atom is -0.462 e. The summed E-state index contributed by atoms with van der Waals surface area (Å²) in [6, 6.07) is 4.90. The first kappa shape index (κ1) is 16.8. The molecule has 1 amide bonds. The molecular weight excluding hydrogens is 274 g/mol. The number of ether oxygens (including phenoxy) is 2. The summed E-state index contributed by atoms with van der Waals surface area (Å²) in [7, 11) is 1.56. The molecule has 0 atom stereocenters. The van der Waals surface area contributed by atoms with Crippen LogP contribution in [0.15, 0.2) is 18.2 Å². The van der Waals surface area contributed by atoms with Crippen molar-refractivity contribution in [2.24, 2.45) is 0 Å². The van der Waals surface area contributed by atoms with Crippen LogP contribution in [0.5, 0.6) is 0 Å². The number of anilines is 2. The molecule has 7 nitrogen and oxygen atoms in total. The van der Waals surface area contributed by atoms with E-state index in [-0.39, 0.29) is 19.1 Å². The standard InChI is InChI=1S/C14H21N3O4/c1-3-21-14(19)10-5-4-6-11(15)13(10)17-9-12(18)16-7-8-20-2/h4-6,17H,3,7-9,15H2,1-2H3,(H,16,18). The number of benzene rings is 1. The van der Waals surface area contributed by atoms with Gasteiger partial charge in [0.1, 0.15) is 0 Å². The van der Waals surface area contributed by atoms with Crippen LogP contribution in [0.4, 0.5) is 11.4 Å². The van der Waals surface area contributed by atoms with Gasteiger partial charge in [-0.05, 0) is 19.1 Å². The van der Waals surface area contributed by atoms with Gasteiger partial charge in [0.25, 0.3) is 0 Å². The van der Waals surface area contributed by atoms with Crippen molar-refractivity contribution in [3.05, 3.63) is 23.8 Å². The van der Waals surface area contributed by atoms with Crippen molar-refractivity contribution in [1.82, 2.24) is 5.32 Å². The second-order valence-corrected chi connectivity index (χ2v) is 4.19. The van der Waals surface area contributed by atoms with Crippen molar-refractivity contribution in [2.45, 2.75) is 6.92 Å². The van der Waals surface area contributed by atoms with Gasteiger partial charge >= 0.3 is 5.97 Å². The number of amides is 1. The Morgan fingerprint density at radius 2 is 2.10 bits per heavy atom. The highest BCUT2D eigenvalue weighted by Gasteiger charge is 2.15. The van der Waals surface area contributed by atoms with E-state index in [1.807, 2.05) is 0 Å². The summed E-state index contributed by atoms with van der Waals surface area (Å²) < 4.78 is 9.79. The van der Waals surface area contributed by atoms with Gasteiger partial charge in [-0.1, -0.05) is 6.07 Å². The van der Waals surface area contributed by atoms with Gasteiger partial charge in [-0.2, -0.15) is 0 Å². The number of nitrogen functional groups attached to an aromatic ring is 1. The summed E-state index contributed by atoms with van der Waals surface area (Å²) in [6.45, 7) is 2.86. The van der Waals surface area contributed by atoms with E-state index in [4.69, 9.17) is 15.2 Å². The van der Waals surface area contributed by atoms with E-state index in [9.17, 15) is 9.59 Å². The highest BCUT2D eigenvalue weighted by molar-refractivity contribution is 5.99. The van der Waals surface area contributed by atoms with Gasteiger partial charge < -0.3 is 25.8 Å². The number of nitrogens with two attached hydrogens (primary N) is 1. The topological polar surface area (TPSA) is 103 Å². The number of para-hydroxylation sites is 1. The monoisotopic (exact) mass is 295 g/mol. The van der Waals surface area contributed by atoms with Crippen LogP contribution in [0.1, 0.15) is 17.3 Å². The zero-order valence-electron chi connectivity index (χ0n) is 12.3. The quantitative estimate of drug-likeness (QED) is 0.369. The predicted octanol–water partition coefficient (Wildman–Crippen LogP) is 0.620. The lowest BCUT2D eigenvalue weighted by Gasteiger charge is -2.13. The molecule has 0 spiro atoms. The van der Waals surface area contributed by atoms with E-state index < -0.39 is 5.97 Å². The molecule has 7 heteroatoms. The molecule has 0 unspecified atom stereocenters. The molecule has 21 heavy (non-hydrogen) atoms. The molecular formula is C14H21N3O4. The molecule has 4 N–H and O–H groups in total. The first-order valence-electron chi connectivity index (χ1n) is 6.65. The van der Waals surface area contributed by atoms with Crippen molar-refractivity contribution in [2.75, 3.05) is 44.5 Å². The van der Waals surface area contributed by atoms with Crippen LogP contribution in [-0.2, 0) is 14.3 Å². The maximum absolute atomic E-state index is 11.8. The van der Waals surface area contributed by atoms with Gasteiger partial charge in [0.2, 0.25) is 5.91 Å². The van der Waals surface area contributed by atoms with Crippen molar-refractivity contribution in [3.63, 3.8) is 0 Å². The van der Waals surface area contributed by atoms with Crippen LogP contribution >= 0.6 is 0 Å². The van der Waals surface area contributed by atoms with Gasteiger partial charge in [-0.25, -0.2) is 4.79 Å². The van der Waals surface area contributed by atoms with Crippen LogP contribution in [0.25, 0.3) is 0 Å². The fourth-order valence-electron chi connectivity index (χ4n) is 1.67. The number of carbonyl (C=O) groups excluding carboxylic acids is 2. The van der Waals surface area contributed by atoms with E-state index in [0.717, 1.165) is 0 Å². The summed E-state index contributed by atoms with van der Waals surface area (Å²) in [5.74, 6) is -0.697. The van der Waals surface area contributed by atoms with Crippen molar-refractivity contribution in [1.29, 1.82) is 0 Å². The lowest BCUT2D eigenvalue weighted by molar-refractivity contribution is -0.119. The summed E-state index contributed by atoms with van der Waals surface area (Å²) in [4.78, 5) is 23.5. The number of hydrogen-bond acceptors (Lipinski definition) is 6. The number of hydrogen-bond donors (Lipinski definition) is 3. The van der Waals surface area contributed by atoms with Crippen LogP contribution in [-0.4, -0.2) is 45.3 Å². The molecule has 0 aliphatic carbocycles. The summed E-state index contributed by atoms with van der Waals surface area (Å²) in [5, 5.41) is 5.53. The smallest absolute Gasteiger partial charge is 0.340 e. The van der Waals surface area contributed by atoms with Gasteiger partial charge in [-0.15, -0.1) is 0 Å². The van der Waals surface area contributed by atoms with E-state index in [1.54, 1.807) is 32.2 Å². The van der Waals surface area contributed by atoms with Crippen molar-refractivity contribution in [3.8, 4) is 0 Å². The highest BCUT2D eigenvalue weighted by atomic mass is 16.5. The number of nitrogens with one attached hydrogen (secondary N) is 2. The molecule has 1 aromatic rings. The summed E-state index contributed by atoms with van der Waals surface area (Å²) in [5.41, 5.74) is 6.93. The molecule has 0 radical (unpaired) electrons. The Morgan fingerprint density at radius 1 is 1.33 bits per heavy atom. The fourth-order valence-corrected chi connectivity index (χ4v) is 1.67. The van der Waals surface area contributed by atoms with E-state index >= 15 is 0 Å².